The van der Waals surface area contributed by atoms with Crippen LogP contribution >= 0.6 is 12.2 Å². The zero-order valence-electron chi connectivity index (χ0n) is 12.6. The molecule has 5 nitrogen and oxygen atoms in total. The van der Waals surface area contributed by atoms with Crippen LogP contribution in [0.4, 0.5) is 11.4 Å². The number of aromatic carboxylic acids is 1. The van der Waals surface area contributed by atoms with Crippen molar-refractivity contribution in [1.29, 1.82) is 0 Å². The second-order valence-corrected chi connectivity index (χ2v) is 5.52. The molecule has 0 aliphatic heterocycles. The summed E-state index contributed by atoms with van der Waals surface area (Å²) in [5.41, 5.74) is 7.67. The molecule has 0 aliphatic carbocycles. The highest BCUT2D eigenvalue weighted by molar-refractivity contribution is 7.80. The van der Waals surface area contributed by atoms with Crippen molar-refractivity contribution in [3.63, 3.8) is 0 Å². The lowest BCUT2D eigenvalue weighted by Gasteiger charge is -2.14. The van der Waals surface area contributed by atoms with E-state index in [1.807, 2.05) is 42.5 Å². The highest BCUT2D eigenvalue weighted by Gasteiger charge is 2.04. The number of benzene rings is 3. The Kier molecular flexibility index (Phi) is 4.58. The van der Waals surface area contributed by atoms with E-state index in [1.165, 1.54) is 12.1 Å². The van der Waals surface area contributed by atoms with E-state index in [0.29, 0.717) is 10.8 Å². The van der Waals surface area contributed by atoms with E-state index in [4.69, 9.17) is 17.3 Å². The van der Waals surface area contributed by atoms with Crippen molar-refractivity contribution in [3.8, 4) is 0 Å². The molecule has 0 saturated carbocycles. The fraction of sp³-hybridized carbons (Fsp3) is 0. The first-order chi connectivity index (χ1) is 11.6. The minimum atomic E-state index is -0.956. The van der Waals surface area contributed by atoms with Gasteiger partial charge in [0.05, 0.1) is 11.3 Å². The van der Waals surface area contributed by atoms with Crippen molar-refractivity contribution in [3.05, 3.63) is 72.3 Å². The molecular weight excluding hydrogens is 322 g/mol. The number of nitrogens with one attached hydrogen (secondary N) is 3. The molecule has 0 amide bonds. The van der Waals surface area contributed by atoms with Crippen LogP contribution in [0.1, 0.15) is 10.4 Å². The molecule has 0 fully saturated rings. The molecule has 24 heavy (non-hydrogen) atoms. The molecule has 3 rings (SSSR count). The van der Waals surface area contributed by atoms with E-state index >= 15 is 0 Å². The van der Waals surface area contributed by atoms with E-state index in [9.17, 15) is 4.79 Å². The van der Waals surface area contributed by atoms with Crippen LogP contribution in [-0.2, 0) is 0 Å². The van der Waals surface area contributed by atoms with Gasteiger partial charge in [0.2, 0.25) is 0 Å². The van der Waals surface area contributed by atoms with Gasteiger partial charge in [0.1, 0.15) is 0 Å². The third-order valence-corrected chi connectivity index (χ3v) is 3.69. The van der Waals surface area contributed by atoms with Crippen LogP contribution in [0.15, 0.2) is 66.7 Å². The third-order valence-electron chi connectivity index (χ3n) is 3.49. The molecule has 0 heterocycles. The van der Waals surface area contributed by atoms with Gasteiger partial charge < -0.3 is 10.4 Å². The Morgan fingerprint density at radius 3 is 2.38 bits per heavy atom. The molecule has 0 saturated heterocycles. The van der Waals surface area contributed by atoms with Crippen LogP contribution in [0, 0.1) is 0 Å². The van der Waals surface area contributed by atoms with Gasteiger partial charge >= 0.3 is 5.97 Å². The number of carboxylic acid groups (broad SMARTS) is 1. The summed E-state index contributed by atoms with van der Waals surface area (Å²) in [7, 11) is 0. The average Bonchev–Trinajstić information content (AvgIpc) is 2.61. The molecule has 120 valence electrons. The average molecular weight is 337 g/mol. The molecule has 0 atom stereocenters. The number of fused-ring (bicyclic) bond motifs is 1. The van der Waals surface area contributed by atoms with E-state index < -0.39 is 5.97 Å². The van der Waals surface area contributed by atoms with Crippen LogP contribution in [-0.4, -0.2) is 16.2 Å². The van der Waals surface area contributed by atoms with E-state index in [-0.39, 0.29) is 5.56 Å². The largest absolute Gasteiger partial charge is 0.478 e. The van der Waals surface area contributed by atoms with Crippen molar-refractivity contribution in [2.45, 2.75) is 0 Å². The molecule has 0 bridgehead atoms. The number of carbonyl (C=O) groups is 1. The van der Waals surface area contributed by atoms with Crippen LogP contribution in [0.2, 0.25) is 0 Å². The van der Waals surface area contributed by atoms with Gasteiger partial charge in [-0.15, -0.1) is 0 Å². The molecular formula is C18H15N3O2S. The number of hydrogen-bond acceptors (Lipinski definition) is 3. The Morgan fingerprint density at radius 2 is 1.62 bits per heavy atom. The van der Waals surface area contributed by atoms with E-state index in [0.717, 1.165) is 16.5 Å². The summed E-state index contributed by atoms with van der Waals surface area (Å²) in [6, 6.07) is 20.4. The molecule has 3 aromatic rings. The molecule has 6 heteroatoms. The Morgan fingerprint density at radius 1 is 0.917 bits per heavy atom. The topological polar surface area (TPSA) is 73.4 Å². The van der Waals surface area contributed by atoms with Crippen LogP contribution in [0.25, 0.3) is 10.8 Å². The number of rotatable bonds is 4. The SMILES string of the molecule is O=C(O)c1ccc(NNC(=S)Nc2cccc3ccccc23)cc1. The second kappa shape index (κ2) is 6.97. The number of hydrazine groups is 1. The summed E-state index contributed by atoms with van der Waals surface area (Å²) in [5.74, 6) is -0.956. The lowest BCUT2D eigenvalue weighted by atomic mass is 10.1. The molecule has 0 aromatic heterocycles. The first-order valence-electron chi connectivity index (χ1n) is 7.27. The maximum Gasteiger partial charge on any atom is 0.335 e. The second-order valence-electron chi connectivity index (χ2n) is 5.11. The summed E-state index contributed by atoms with van der Waals surface area (Å²) < 4.78 is 0. The van der Waals surface area contributed by atoms with Crippen molar-refractivity contribution in [2.75, 3.05) is 10.7 Å². The van der Waals surface area contributed by atoms with Crippen LogP contribution < -0.4 is 16.2 Å². The molecule has 0 radical (unpaired) electrons. The number of anilines is 2. The van der Waals surface area contributed by atoms with Crippen molar-refractivity contribution in [2.24, 2.45) is 0 Å². The predicted octanol–water partition coefficient (Wildman–Crippen LogP) is 3.85. The summed E-state index contributed by atoms with van der Waals surface area (Å²) >= 11 is 5.29. The number of carboxylic acids is 1. The van der Waals surface area contributed by atoms with E-state index in [1.54, 1.807) is 12.1 Å². The van der Waals surface area contributed by atoms with Gasteiger partial charge in [-0.3, -0.25) is 10.9 Å². The minimum Gasteiger partial charge on any atom is -0.478 e. The standard InChI is InChI=1S/C18H15N3O2S/c22-17(23)13-8-10-14(11-9-13)20-21-18(24)19-16-7-3-5-12-4-1-2-6-15(12)16/h1-11,20H,(H,22,23)(H2,19,21,24). The monoisotopic (exact) mass is 337 g/mol. The van der Waals surface area contributed by atoms with Crippen LogP contribution in [0.5, 0.6) is 0 Å². The molecule has 0 spiro atoms. The highest BCUT2D eigenvalue weighted by atomic mass is 32.1. The normalized spacial score (nSPS) is 10.2. The molecule has 0 unspecified atom stereocenters. The number of hydrogen-bond donors (Lipinski definition) is 4. The van der Waals surface area contributed by atoms with Gasteiger partial charge in [0, 0.05) is 11.1 Å². The lowest BCUT2D eigenvalue weighted by molar-refractivity contribution is 0.0697. The van der Waals surface area contributed by atoms with Gasteiger partial charge in [-0.05, 0) is 47.9 Å². The van der Waals surface area contributed by atoms with Crippen LogP contribution in [0.3, 0.4) is 0 Å². The fourth-order valence-electron chi connectivity index (χ4n) is 2.31. The third kappa shape index (κ3) is 3.61. The molecule has 0 aliphatic rings. The fourth-order valence-corrected chi connectivity index (χ4v) is 2.47. The Labute approximate surface area is 144 Å². The van der Waals surface area contributed by atoms with Crippen molar-refractivity contribution < 1.29 is 9.90 Å². The van der Waals surface area contributed by atoms with Crippen molar-refractivity contribution in [1.82, 2.24) is 5.43 Å². The maximum absolute atomic E-state index is 10.8. The van der Waals surface area contributed by atoms with Gasteiger partial charge in [-0.25, -0.2) is 4.79 Å². The molecule has 4 N–H and O–H groups in total. The zero-order chi connectivity index (χ0) is 16.9. The lowest BCUT2D eigenvalue weighted by Crippen LogP contribution is -2.33. The van der Waals surface area contributed by atoms with E-state index in [2.05, 4.69) is 16.2 Å². The predicted molar refractivity (Wildman–Crippen MR) is 100 cm³/mol. The summed E-state index contributed by atoms with van der Waals surface area (Å²) in [5, 5.41) is 14.6. The number of thiocarbonyl (C=S) groups is 1. The first-order valence-corrected chi connectivity index (χ1v) is 7.68. The first kappa shape index (κ1) is 15.8. The zero-order valence-corrected chi connectivity index (χ0v) is 13.4. The summed E-state index contributed by atoms with van der Waals surface area (Å²) in [4.78, 5) is 10.8. The van der Waals surface area contributed by atoms with Crippen molar-refractivity contribution >= 4 is 45.4 Å². The Bertz CT molecular complexity index is 889. The minimum absolute atomic E-state index is 0.233. The van der Waals surface area contributed by atoms with Gasteiger partial charge in [0.15, 0.2) is 5.11 Å². The highest BCUT2D eigenvalue weighted by Crippen LogP contribution is 2.22. The molecule has 3 aromatic carbocycles. The smallest absolute Gasteiger partial charge is 0.335 e. The Hall–Kier alpha value is -3.12. The van der Waals surface area contributed by atoms with Gasteiger partial charge in [-0.2, -0.15) is 0 Å². The van der Waals surface area contributed by atoms with Gasteiger partial charge in [-0.1, -0.05) is 36.4 Å². The summed E-state index contributed by atoms with van der Waals surface area (Å²) in [6.07, 6.45) is 0. The van der Waals surface area contributed by atoms with Gasteiger partial charge in [0.25, 0.3) is 0 Å². The maximum atomic E-state index is 10.8. The Balaban J connectivity index is 1.64. The quantitative estimate of drug-likeness (QED) is 0.428. The summed E-state index contributed by atoms with van der Waals surface area (Å²) in [6.45, 7) is 0.